The number of hydrogen-bond donors (Lipinski definition) is 3. The van der Waals surface area contributed by atoms with Crippen LogP contribution in [0.2, 0.25) is 0 Å². The SMILES string of the molecule is CC(N)CCNC(=O)Cc1[nH]nc2ccccc12.Cl. The quantitative estimate of drug-likeness (QED) is 0.775. The van der Waals surface area contributed by atoms with Crippen molar-refractivity contribution < 1.29 is 4.79 Å². The molecule has 0 aliphatic heterocycles. The number of para-hydroxylation sites is 1. The van der Waals surface area contributed by atoms with Crippen molar-refractivity contribution >= 4 is 29.2 Å². The molecular formula is C13H19ClN4O. The number of hydrogen-bond acceptors (Lipinski definition) is 3. The van der Waals surface area contributed by atoms with Crippen LogP contribution in [0.5, 0.6) is 0 Å². The highest BCUT2D eigenvalue weighted by atomic mass is 35.5. The average Bonchev–Trinajstić information content (AvgIpc) is 2.72. The maximum Gasteiger partial charge on any atom is 0.226 e. The monoisotopic (exact) mass is 282 g/mol. The Labute approximate surface area is 118 Å². The number of fused-ring (bicyclic) bond motifs is 1. The molecule has 19 heavy (non-hydrogen) atoms. The first-order chi connectivity index (χ1) is 8.66. The number of benzene rings is 1. The lowest BCUT2D eigenvalue weighted by molar-refractivity contribution is -0.120. The van der Waals surface area contributed by atoms with E-state index >= 15 is 0 Å². The third kappa shape index (κ3) is 4.22. The Kier molecular flexibility index (Phi) is 5.79. The number of nitrogens with two attached hydrogens (primary N) is 1. The van der Waals surface area contributed by atoms with E-state index in [1.54, 1.807) is 0 Å². The van der Waals surface area contributed by atoms with E-state index in [1.807, 2.05) is 31.2 Å². The average molecular weight is 283 g/mol. The number of rotatable bonds is 5. The molecule has 1 unspecified atom stereocenters. The van der Waals surface area contributed by atoms with Crippen molar-refractivity contribution in [1.82, 2.24) is 15.5 Å². The van der Waals surface area contributed by atoms with Gasteiger partial charge in [-0.3, -0.25) is 9.89 Å². The number of amides is 1. The summed E-state index contributed by atoms with van der Waals surface area (Å²) >= 11 is 0. The molecule has 0 aliphatic rings. The maximum absolute atomic E-state index is 11.7. The van der Waals surface area contributed by atoms with Gasteiger partial charge in [-0.05, 0) is 19.4 Å². The molecule has 0 aliphatic carbocycles. The van der Waals surface area contributed by atoms with Crippen LogP contribution < -0.4 is 11.1 Å². The molecule has 1 aromatic heterocycles. The molecule has 1 aromatic carbocycles. The van der Waals surface area contributed by atoms with Gasteiger partial charge in [0.2, 0.25) is 5.91 Å². The second-order valence-corrected chi connectivity index (χ2v) is 4.51. The molecule has 0 bridgehead atoms. The summed E-state index contributed by atoms with van der Waals surface area (Å²) in [4.78, 5) is 11.7. The number of nitrogens with zero attached hydrogens (tertiary/aromatic N) is 1. The van der Waals surface area contributed by atoms with Crippen LogP contribution in [0.25, 0.3) is 10.9 Å². The van der Waals surface area contributed by atoms with Crippen LogP contribution in [-0.2, 0) is 11.2 Å². The van der Waals surface area contributed by atoms with E-state index in [9.17, 15) is 4.79 Å². The van der Waals surface area contributed by atoms with Gasteiger partial charge in [-0.25, -0.2) is 0 Å². The Hall–Kier alpha value is -1.59. The first-order valence-electron chi connectivity index (χ1n) is 6.11. The normalized spacial score (nSPS) is 11.9. The Morgan fingerprint density at radius 1 is 1.47 bits per heavy atom. The first kappa shape index (κ1) is 15.5. The van der Waals surface area contributed by atoms with Gasteiger partial charge < -0.3 is 11.1 Å². The summed E-state index contributed by atoms with van der Waals surface area (Å²) in [6.07, 6.45) is 1.11. The van der Waals surface area contributed by atoms with Crippen LogP contribution in [0.15, 0.2) is 24.3 Å². The zero-order valence-corrected chi connectivity index (χ0v) is 11.7. The van der Waals surface area contributed by atoms with Gasteiger partial charge in [0.1, 0.15) is 0 Å². The van der Waals surface area contributed by atoms with Crippen molar-refractivity contribution in [2.75, 3.05) is 6.54 Å². The summed E-state index contributed by atoms with van der Waals surface area (Å²) in [6.45, 7) is 2.54. The number of nitrogens with one attached hydrogen (secondary N) is 2. The van der Waals surface area contributed by atoms with E-state index < -0.39 is 0 Å². The molecule has 0 radical (unpaired) electrons. The van der Waals surface area contributed by atoms with Gasteiger partial charge in [0.25, 0.3) is 0 Å². The number of aromatic nitrogens is 2. The van der Waals surface area contributed by atoms with Gasteiger partial charge in [0.15, 0.2) is 0 Å². The molecule has 2 rings (SSSR count). The summed E-state index contributed by atoms with van der Waals surface area (Å²) in [7, 11) is 0. The lowest BCUT2D eigenvalue weighted by Crippen LogP contribution is -2.30. The van der Waals surface area contributed by atoms with E-state index in [0.717, 1.165) is 23.0 Å². The second-order valence-electron chi connectivity index (χ2n) is 4.51. The van der Waals surface area contributed by atoms with Crippen LogP contribution in [0.4, 0.5) is 0 Å². The highest BCUT2D eigenvalue weighted by Crippen LogP contribution is 2.15. The number of H-pyrrole nitrogens is 1. The van der Waals surface area contributed by atoms with E-state index in [0.29, 0.717) is 13.0 Å². The molecule has 1 heterocycles. The van der Waals surface area contributed by atoms with E-state index in [1.165, 1.54) is 0 Å². The second kappa shape index (κ2) is 7.11. The lowest BCUT2D eigenvalue weighted by Gasteiger charge is -2.06. The van der Waals surface area contributed by atoms with E-state index in [2.05, 4.69) is 15.5 Å². The van der Waals surface area contributed by atoms with Crippen LogP contribution in [0, 0.1) is 0 Å². The van der Waals surface area contributed by atoms with Crippen molar-refractivity contribution in [3.8, 4) is 0 Å². The molecule has 0 saturated carbocycles. The van der Waals surface area contributed by atoms with Gasteiger partial charge in [-0.2, -0.15) is 5.10 Å². The van der Waals surface area contributed by atoms with Crippen LogP contribution >= 0.6 is 12.4 Å². The van der Waals surface area contributed by atoms with E-state index in [4.69, 9.17) is 5.73 Å². The predicted octanol–water partition coefficient (Wildman–Crippen LogP) is 1.38. The molecule has 104 valence electrons. The molecule has 5 nitrogen and oxygen atoms in total. The third-order valence-corrected chi connectivity index (χ3v) is 2.80. The number of carbonyl (C=O) groups excluding carboxylic acids is 1. The van der Waals surface area contributed by atoms with Gasteiger partial charge in [0.05, 0.1) is 17.6 Å². The number of carbonyl (C=O) groups is 1. The minimum absolute atomic E-state index is 0. The minimum Gasteiger partial charge on any atom is -0.356 e. The molecule has 4 N–H and O–H groups in total. The molecule has 6 heteroatoms. The summed E-state index contributed by atoms with van der Waals surface area (Å²) in [5.74, 6) is -0.00921. The largest absolute Gasteiger partial charge is 0.356 e. The van der Waals surface area contributed by atoms with Gasteiger partial charge >= 0.3 is 0 Å². The molecule has 1 atom stereocenters. The Morgan fingerprint density at radius 2 is 2.21 bits per heavy atom. The summed E-state index contributed by atoms with van der Waals surface area (Å²) < 4.78 is 0. The molecule has 0 spiro atoms. The van der Waals surface area contributed by atoms with Gasteiger partial charge in [-0.15, -0.1) is 12.4 Å². The van der Waals surface area contributed by atoms with Crippen LogP contribution in [0.1, 0.15) is 19.0 Å². The zero-order chi connectivity index (χ0) is 13.0. The van der Waals surface area contributed by atoms with Gasteiger partial charge in [-0.1, -0.05) is 18.2 Å². The van der Waals surface area contributed by atoms with E-state index in [-0.39, 0.29) is 24.4 Å². The highest BCUT2D eigenvalue weighted by Gasteiger charge is 2.09. The first-order valence-corrected chi connectivity index (χ1v) is 6.11. The fourth-order valence-electron chi connectivity index (χ4n) is 1.81. The standard InChI is InChI=1S/C13H18N4O.ClH/c1-9(14)6-7-15-13(18)8-12-10-4-2-3-5-11(10)16-17-12;/h2-5,9H,6-8,14H2,1H3,(H,15,18)(H,16,17);1H. The molecule has 1 amide bonds. The maximum atomic E-state index is 11.7. The zero-order valence-electron chi connectivity index (χ0n) is 10.8. The van der Waals surface area contributed by atoms with Crippen LogP contribution in [0.3, 0.4) is 0 Å². The van der Waals surface area contributed by atoms with Crippen molar-refractivity contribution in [2.24, 2.45) is 5.73 Å². The predicted molar refractivity (Wildman–Crippen MR) is 78.3 cm³/mol. The lowest BCUT2D eigenvalue weighted by atomic mass is 10.1. The number of halogens is 1. The van der Waals surface area contributed by atoms with Crippen molar-refractivity contribution in [3.05, 3.63) is 30.0 Å². The van der Waals surface area contributed by atoms with Crippen molar-refractivity contribution in [3.63, 3.8) is 0 Å². The van der Waals surface area contributed by atoms with Crippen molar-refractivity contribution in [1.29, 1.82) is 0 Å². The molecular weight excluding hydrogens is 264 g/mol. The van der Waals surface area contributed by atoms with Gasteiger partial charge in [0, 0.05) is 18.0 Å². The Morgan fingerprint density at radius 3 is 2.95 bits per heavy atom. The topological polar surface area (TPSA) is 83.8 Å². The summed E-state index contributed by atoms with van der Waals surface area (Å²) in [6, 6.07) is 7.86. The molecule has 0 saturated heterocycles. The summed E-state index contributed by atoms with van der Waals surface area (Å²) in [5.41, 5.74) is 7.36. The van der Waals surface area contributed by atoms with Crippen molar-refractivity contribution in [2.45, 2.75) is 25.8 Å². The molecule has 0 fully saturated rings. The Bertz CT molecular complexity index is 538. The Balaban J connectivity index is 0.00000180. The third-order valence-electron chi connectivity index (χ3n) is 2.80. The minimum atomic E-state index is -0.00921. The fourth-order valence-corrected chi connectivity index (χ4v) is 1.81. The highest BCUT2D eigenvalue weighted by molar-refractivity contribution is 5.87. The smallest absolute Gasteiger partial charge is 0.226 e. The van der Waals surface area contributed by atoms with Crippen LogP contribution in [-0.4, -0.2) is 28.7 Å². The summed E-state index contributed by atoms with van der Waals surface area (Å²) in [5, 5.41) is 10.9. The molecule has 2 aromatic rings. The number of aromatic amines is 1. The fraction of sp³-hybridized carbons (Fsp3) is 0.385.